The van der Waals surface area contributed by atoms with Gasteiger partial charge in [0.05, 0.1) is 5.69 Å². The first kappa shape index (κ1) is 14.8. The number of anilines is 1. The van der Waals surface area contributed by atoms with Crippen LogP contribution < -0.4 is 10.2 Å². The van der Waals surface area contributed by atoms with Crippen LogP contribution in [0.3, 0.4) is 0 Å². The monoisotopic (exact) mass is 281 g/mol. The molecule has 1 unspecified atom stereocenters. The molecule has 0 spiro atoms. The number of nitrogens with zero attached hydrogens (tertiary/aromatic N) is 2. The van der Waals surface area contributed by atoms with Crippen molar-refractivity contribution in [3.05, 3.63) is 11.1 Å². The zero-order chi connectivity index (χ0) is 13.7. The molecule has 1 aliphatic rings. The number of hydrogen-bond donors (Lipinski definition) is 1. The second kappa shape index (κ2) is 7.25. The molecule has 1 saturated carbocycles. The first-order valence-electron chi connectivity index (χ1n) is 7.68. The summed E-state index contributed by atoms with van der Waals surface area (Å²) < 4.78 is 0. The van der Waals surface area contributed by atoms with Crippen LogP contribution in [-0.4, -0.2) is 24.6 Å². The molecule has 0 bridgehead atoms. The summed E-state index contributed by atoms with van der Waals surface area (Å²) in [5.74, 6) is 0.925. The van der Waals surface area contributed by atoms with E-state index in [1.807, 2.05) is 0 Å². The quantitative estimate of drug-likeness (QED) is 0.745. The van der Waals surface area contributed by atoms with Gasteiger partial charge in [-0.05, 0) is 45.1 Å². The molecule has 0 aliphatic heterocycles. The van der Waals surface area contributed by atoms with Crippen LogP contribution in [-0.2, 0) is 0 Å². The highest BCUT2D eigenvalue weighted by atomic mass is 32.1. The van der Waals surface area contributed by atoms with Crippen LogP contribution in [0.1, 0.15) is 58.2 Å². The molecule has 1 atom stereocenters. The summed E-state index contributed by atoms with van der Waals surface area (Å²) >= 11 is 1.80. The molecule has 2 rings (SSSR count). The van der Waals surface area contributed by atoms with Crippen molar-refractivity contribution in [3.63, 3.8) is 0 Å². The van der Waals surface area contributed by atoms with Crippen LogP contribution >= 0.6 is 11.3 Å². The molecule has 1 aromatic rings. The number of hydrogen-bond acceptors (Lipinski definition) is 4. The maximum absolute atomic E-state index is 4.84. The van der Waals surface area contributed by atoms with Crippen molar-refractivity contribution in [1.29, 1.82) is 0 Å². The Balaban J connectivity index is 1.96. The fraction of sp³-hybridized carbons (Fsp3) is 0.800. The van der Waals surface area contributed by atoms with Crippen molar-refractivity contribution in [1.82, 2.24) is 10.3 Å². The van der Waals surface area contributed by atoms with E-state index in [4.69, 9.17) is 4.98 Å². The number of thiazole rings is 1. The summed E-state index contributed by atoms with van der Waals surface area (Å²) in [4.78, 5) is 7.33. The third kappa shape index (κ3) is 4.46. The maximum atomic E-state index is 4.84. The van der Waals surface area contributed by atoms with Gasteiger partial charge >= 0.3 is 0 Å². The van der Waals surface area contributed by atoms with E-state index in [0.717, 1.165) is 19.0 Å². The third-order valence-electron chi connectivity index (χ3n) is 3.59. The van der Waals surface area contributed by atoms with Crippen molar-refractivity contribution < 1.29 is 0 Å². The Hall–Kier alpha value is -0.610. The minimum atomic E-state index is 0.370. The van der Waals surface area contributed by atoms with Gasteiger partial charge in [-0.25, -0.2) is 4.98 Å². The van der Waals surface area contributed by atoms with Gasteiger partial charge in [-0.3, -0.25) is 0 Å². The van der Waals surface area contributed by atoms with E-state index in [2.05, 4.69) is 36.4 Å². The summed E-state index contributed by atoms with van der Waals surface area (Å²) in [5, 5.41) is 6.95. The van der Waals surface area contributed by atoms with Crippen LogP contribution in [0.2, 0.25) is 0 Å². The lowest BCUT2D eigenvalue weighted by Crippen LogP contribution is -2.26. The van der Waals surface area contributed by atoms with E-state index in [1.54, 1.807) is 11.3 Å². The Bertz CT molecular complexity index is 373. The molecule has 1 N–H and O–H groups in total. The average molecular weight is 281 g/mol. The first-order valence-corrected chi connectivity index (χ1v) is 8.56. The van der Waals surface area contributed by atoms with Gasteiger partial charge in [0.1, 0.15) is 0 Å². The molecule has 1 fully saturated rings. The maximum Gasteiger partial charge on any atom is 0.185 e. The summed E-state index contributed by atoms with van der Waals surface area (Å²) in [5.41, 5.74) is 1.20. The second-order valence-electron chi connectivity index (χ2n) is 5.62. The zero-order valence-electron chi connectivity index (χ0n) is 12.5. The lowest BCUT2D eigenvalue weighted by molar-refractivity contribution is 0.560. The molecule has 1 heterocycles. The summed E-state index contributed by atoms with van der Waals surface area (Å²) in [6.07, 6.45) is 5.19. The molecular formula is C15H27N3S. The fourth-order valence-electron chi connectivity index (χ4n) is 2.23. The van der Waals surface area contributed by atoms with E-state index in [-0.39, 0.29) is 0 Å². The topological polar surface area (TPSA) is 28.2 Å². The molecule has 3 nitrogen and oxygen atoms in total. The molecule has 0 amide bonds. The van der Waals surface area contributed by atoms with Crippen molar-refractivity contribution in [2.24, 2.45) is 5.92 Å². The van der Waals surface area contributed by atoms with Crippen LogP contribution in [0.4, 0.5) is 5.13 Å². The van der Waals surface area contributed by atoms with E-state index in [1.165, 1.54) is 43.1 Å². The average Bonchev–Trinajstić information content (AvgIpc) is 3.09. The first-order chi connectivity index (χ1) is 9.24. The summed E-state index contributed by atoms with van der Waals surface area (Å²) in [7, 11) is 0. The van der Waals surface area contributed by atoms with Crippen molar-refractivity contribution in [2.75, 3.05) is 24.5 Å². The Morgan fingerprint density at radius 2 is 2.21 bits per heavy atom. The predicted octanol–water partition coefficient (Wildman–Crippen LogP) is 3.83. The number of nitrogens with one attached hydrogen (secondary N) is 1. The normalized spacial score (nSPS) is 16.6. The zero-order valence-corrected chi connectivity index (χ0v) is 13.3. The molecule has 108 valence electrons. The van der Waals surface area contributed by atoms with Gasteiger partial charge in [-0.2, -0.15) is 0 Å². The van der Waals surface area contributed by atoms with Gasteiger partial charge in [0, 0.05) is 24.5 Å². The van der Waals surface area contributed by atoms with Gasteiger partial charge in [-0.15, -0.1) is 11.3 Å². The Labute approximate surface area is 121 Å². The Kier molecular flexibility index (Phi) is 5.64. The van der Waals surface area contributed by atoms with Crippen molar-refractivity contribution >= 4 is 16.5 Å². The van der Waals surface area contributed by atoms with E-state index >= 15 is 0 Å². The lowest BCUT2D eigenvalue weighted by Gasteiger charge is -2.21. The second-order valence-corrected chi connectivity index (χ2v) is 6.46. The minimum Gasteiger partial charge on any atom is -0.348 e. The Morgan fingerprint density at radius 3 is 2.84 bits per heavy atom. The summed E-state index contributed by atoms with van der Waals surface area (Å²) in [6.45, 7) is 10.1. The van der Waals surface area contributed by atoms with Gasteiger partial charge in [0.2, 0.25) is 0 Å². The molecule has 0 aromatic carbocycles. The van der Waals surface area contributed by atoms with E-state index in [0.29, 0.717) is 6.04 Å². The van der Waals surface area contributed by atoms with Crippen molar-refractivity contribution in [3.8, 4) is 0 Å². The van der Waals surface area contributed by atoms with E-state index < -0.39 is 0 Å². The molecule has 19 heavy (non-hydrogen) atoms. The SMILES string of the molecule is CCCNC(C)c1csc(N(CCC)CC2CC2)n1. The molecular weight excluding hydrogens is 254 g/mol. The third-order valence-corrected chi connectivity index (χ3v) is 4.51. The van der Waals surface area contributed by atoms with Gasteiger partial charge in [0.15, 0.2) is 5.13 Å². The van der Waals surface area contributed by atoms with Gasteiger partial charge in [-0.1, -0.05) is 13.8 Å². The molecule has 1 aliphatic carbocycles. The predicted molar refractivity (Wildman–Crippen MR) is 84.1 cm³/mol. The Morgan fingerprint density at radius 1 is 1.42 bits per heavy atom. The molecule has 1 aromatic heterocycles. The highest BCUT2D eigenvalue weighted by Crippen LogP contribution is 2.33. The standard InChI is InChI=1S/C15H27N3S/c1-4-8-16-12(3)14-11-19-15(17-14)18(9-5-2)10-13-6-7-13/h11-13,16H,4-10H2,1-3H3. The van der Waals surface area contributed by atoms with E-state index in [9.17, 15) is 0 Å². The van der Waals surface area contributed by atoms with Crippen molar-refractivity contribution in [2.45, 2.75) is 52.5 Å². The molecule has 4 heteroatoms. The fourth-order valence-corrected chi connectivity index (χ4v) is 3.19. The van der Waals surface area contributed by atoms with Crippen LogP contribution in [0.5, 0.6) is 0 Å². The molecule has 0 radical (unpaired) electrons. The highest BCUT2D eigenvalue weighted by Gasteiger charge is 2.25. The largest absolute Gasteiger partial charge is 0.348 e. The number of aromatic nitrogens is 1. The molecule has 0 saturated heterocycles. The van der Waals surface area contributed by atoms with Gasteiger partial charge < -0.3 is 10.2 Å². The van der Waals surface area contributed by atoms with Crippen LogP contribution in [0, 0.1) is 5.92 Å². The van der Waals surface area contributed by atoms with Crippen LogP contribution in [0.15, 0.2) is 5.38 Å². The lowest BCUT2D eigenvalue weighted by atomic mass is 10.2. The summed E-state index contributed by atoms with van der Waals surface area (Å²) in [6, 6.07) is 0.370. The number of rotatable bonds is 9. The highest BCUT2D eigenvalue weighted by molar-refractivity contribution is 7.13. The van der Waals surface area contributed by atoms with Crippen LogP contribution in [0.25, 0.3) is 0 Å². The smallest absolute Gasteiger partial charge is 0.185 e. The van der Waals surface area contributed by atoms with Gasteiger partial charge in [0.25, 0.3) is 0 Å². The minimum absolute atomic E-state index is 0.370.